The van der Waals surface area contributed by atoms with Gasteiger partial charge in [0.2, 0.25) is 0 Å². The number of rotatable bonds is 2. The van der Waals surface area contributed by atoms with Crippen molar-refractivity contribution in [1.29, 1.82) is 0 Å². The number of nitrogens with two attached hydrogens (primary N) is 1. The second kappa shape index (κ2) is 5.39. The highest BCUT2D eigenvalue weighted by molar-refractivity contribution is 6.07. The Kier molecular flexibility index (Phi) is 3.79. The average molecular weight is 299 g/mol. The highest BCUT2D eigenvalue weighted by Gasteiger charge is 2.31. The molecule has 1 aromatic carbocycles. The molecule has 0 fully saturated rings. The Morgan fingerprint density at radius 3 is 2.57 bits per heavy atom. The molecule has 0 aliphatic rings. The predicted octanol–water partition coefficient (Wildman–Crippen LogP) is 3.07. The van der Waals surface area contributed by atoms with Crippen molar-refractivity contribution in [2.75, 3.05) is 11.1 Å². The molecular formula is C13H9F4N3O. The molecule has 1 heterocycles. The number of alkyl halides is 3. The molecule has 0 bridgehead atoms. The molecule has 0 aliphatic carbocycles. The monoisotopic (exact) mass is 299 g/mol. The third kappa shape index (κ3) is 3.47. The zero-order valence-electron chi connectivity index (χ0n) is 10.4. The summed E-state index contributed by atoms with van der Waals surface area (Å²) in [5.41, 5.74) is 3.94. The molecule has 110 valence electrons. The number of aromatic nitrogens is 1. The number of hydrogen-bond acceptors (Lipinski definition) is 3. The Hall–Kier alpha value is -2.64. The summed E-state index contributed by atoms with van der Waals surface area (Å²) in [5, 5.41) is 2.15. The van der Waals surface area contributed by atoms with Crippen molar-refractivity contribution in [2.45, 2.75) is 6.18 Å². The van der Waals surface area contributed by atoms with Crippen molar-refractivity contribution in [3.8, 4) is 0 Å². The van der Waals surface area contributed by atoms with Gasteiger partial charge in [0.25, 0.3) is 5.91 Å². The Morgan fingerprint density at radius 2 is 1.95 bits per heavy atom. The molecular weight excluding hydrogens is 290 g/mol. The number of nitrogens with zero attached hydrogens (tertiary/aromatic N) is 1. The number of halogens is 4. The number of amides is 1. The van der Waals surface area contributed by atoms with Gasteiger partial charge in [0, 0.05) is 11.9 Å². The molecule has 2 aromatic rings. The van der Waals surface area contributed by atoms with E-state index in [9.17, 15) is 22.4 Å². The van der Waals surface area contributed by atoms with Gasteiger partial charge in [-0.25, -0.2) is 9.37 Å². The van der Waals surface area contributed by atoms with E-state index in [1.54, 1.807) is 0 Å². The number of nitrogen functional groups attached to an aromatic ring is 1. The second-order valence-corrected chi connectivity index (χ2v) is 4.12. The molecule has 0 saturated carbocycles. The number of carbonyl (C=O) groups is 1. The summed E-state index contributed by atoms with van der Waals surface area (Å²) >= 11 is 0. The van der Waals surface area contributed by atoms with Crippen LogP contribution in [-0.4, -0.2) is 10.9 Å². The number of hydrogen-bond donors (Lipinski definition) is 2. The van der Waals surface area contributed by atoms with E-state index >= 15 is 0 Å². The van der Waals surface area contributed by atoms with E-state index in [4.69, 9.17) is 5.73 Å². The average Bonchev–Trinajstić information content (AvgIpc) is 2.37. The van der Waals surface area contributed by atoms with Crippen molar-refractivity contribution in [2.24, 2.45) is 0 Å². The summed E-state index contributed by atoms with van der Waals surface area (Å²) in [7, 11) is 0. The molecule has 8 heteroatoms. The van der Waals surface area contributed by atoms with Crippen molar-refractivity contribution in [3.05, 3.63) is 53.5 Å². The number of benzene rings is 1. The first-order chi connectivity index (χ1) is 9.77. The highest BCUT2D eigenvalue weighted by atomic mass is 19.4. The van der Waals surface area contributed by atoms with E-state index < -0.39 is 23.5 Å². The van der Waals surface area contributed by atoms with Gasteiger partial charge in [-0.15, -0.1) is 0 Å². The second-order valence-electron chi connectivity index (χ2n) is 4.12. The SMILES string of the molecule is Nc1ncccc1C(=O)Nc1cc(F)cc(C(F)(F)F)c1. The fourth-order valence-corrected chi connectivity index (χ4v) is 1.63. The van der Waals surface area contributed by atoms with Crippen LogP contribution >= 0.6 is 0 Å². The summed E-state index contributed by atoms with van der Waals surface area (Å²) in [6, 6.07) is 4.54. The van der Waals surface area contributed by atoms with Crippen molar-refractivity contribution in [1.82, 2.24) is 4.98 Å². The summed E-state index contributed by atoms with van der Waals surface area (Å²) in [6.07, 6.45) is -3.36. The van der Waals surface area contributed by atoms with Gasteiger partial charge < -0.3 is 11.1 Å². The third-order valence-electron chi connectivity index (χ3n) is 2.57. The minimum Gasteiger partial charge on any atom is -0.383 e. The van der Waals surface area contributed by atoms with Crippen molar-refractivity contribution in [3.63, 3.8) is 0 Å². The van der Waals surface area contributed by atoms with Crippen LogP contribution in [0.25, 0.3) is 0 Å². The fraction of sp³-hybridized carbons (Fsp3) is 0.0769. The largest absolute Gasteiger partial charge is 0.416 e. The Balaban J connectivity index is 2.30. The van der Waals surface area contributed by atoms with E-state index in [0.29, 0.717) is 12.1 Å². The van der Waals surface area contributed by atoms with Gasteiger partial charge in [-0.3, -0.25) is 4.79 Å². The van der Waals surface area contributed by atoms with E-state index in [1.807, 2.05) is 0 Å². The number of carbonyl (C=O) groups excluding carboxylic acids is 1. The van der Waals surface area contributed by atoms with E-state index in [2.05, 4.69) is 10.3 Å². The lowest BCUT2D eigenvalue weighted by atomic mass is 10.1. The Labute approximate surface area is 116 Å². The molecule has 0 unspecified atom stereocenters. The molecule has 1 aromatic heterocycles. The van der Waals surface area contributed by atoms with Gasteiger partial charge in [-0.2, -0.15) is 13.2 Å². The summed E-state index contributed by atoms with van der Waals surface area (Å²) in [4.78, 5) is 15.6. The molecule has 4 nitrogen and oxygen atoms in total. The van der Waals surface area contributed by atoms with Crippen LogP contribution < -0.4 is 11.1 Å². The molecule has 21 heavy (non-hydrogen) atoms. The molecule has 1 amide bonds. The van der Waals surface area contributed by atoms with Gasteiger partial charge in [0.05, 0.1) is 11.1 Å². The fourth-order valence-electron chi connectivity index (χ4n) is 1.63. The summed E-state index contributed by atoms with van der Waals surface area (Å²) in [5.74, 6) is -1.97. The number of nitrogens with one attached hydrogen (secondary N) is 1. The quantitative estimate of drug-likeness (QED) is 0.837. The minimum atomic E-state index is -4.71. The van der Waals surface area contributed by atoms with E-state index in [-0.39, 0.29) is 17.1 Å². The zero-order valence-corrected chi connectivity index (χ0v) is 10.4. The van der Waals surface area contributed by atoms with Gasteiger partial charge in [0.15, 0.2) is 0 Å². The normalized spacial score (nSPS) is 11.2. The first-order valence-electron chi connectivity index (χ1n) is 5.67. The van der Waals surface area contributed by atoms with Crippen molar-refractivity contribution >= 4 is 17.4 Å². The van der Waals surface area contributed by atoms with Crippen LogP contribution in [0.2, 0.25) is 0 Å². The molecule has 3 N–H and O–H groups in total. The standard InChI is InChI=1S/C13H9F4N3O/c14-8-4-7(13(15,16)17)5-9(6-8)20-12(21)10-2-1-3-19-11(10)18/h1-6H,(H2,18,19)(H,20,21). The lowest BCUT2D eigenvalue weighted by Crippen LogP contribution is -2.15. The maximum Gasteiger partial charge on any atom is 0.416 e. The topological polar surface area (TPSA) is 68.0 Å². The van der Waals surface area contributed by atoms with Crippen LogP contribution in [0.5, 0.6) is 0 Å². The van der Waals surface area contributed by atoms with Gasteiger partial charge in [0.1, 0.15) is 11.6 Å². The lowest BCUT2D eigenvalue weighted by molar-refractivity contribution is -0.137. The highest BCUT2D eigenvalue weighted by Crippen LogP contribution is 2.31. The maximum atomic E-state index is 13.2. The van der Waals surface area contributed by atoms with Crippen LogP contribution in [0.3, 0.4) is 0 Å². The number of anilines is 2. The third-order valence-corrected chi connectivity index (χ3v) is 2.57. The molecule has 2 rings (SSSR count). The number of pyridine rings is 1. The smallest absolute Gasteiger partial charge is 0.383 e. The Bertz CT molecular complexity index is 685. The zero-order chi connectivity index (χ0) is 15.6. The molecule has 0 radical (unpaired) electrons. The Morgan fingerprint density at radius 1 is 1.24 bits per heavy atom. The summed E-state index contributed by atoms with van der Waals surface area (Å²) < 4.78 is 50.9. The van der Waals surface area contributed by atoms with E-state index in [0.717, 1.165) is 6.07 Å². The first kappa shape index (κ1) is 14.8. The molecule has 0 aliphatic heterocycles. The maximum absolute atomic E-state index is 13.2. The molecule has 0 saturated heterocycles. The van der Waals surface area contributed by atoms with Gasteiger partial charge in [-0.05, 0) is 30.3 Å². The summed E-state index contributed by atoms with van der Waals surface area (Å²) in [6.45, 7) is 0. The molecule has 0 atom stereocenters. The van der Waals surface area contributed by atoms with Crippen molar-refractivity contribution < 1.29 is 22.4 Å². The van der Waals surface area contributed by atoms with Crippen LogP contribution in [0.4, 0.5) is 29.1 Å². The van der Waals surface area contributed by atoms with E-state index in [1.165, 1.54) is 18.3 Å². The minimum absolute atomic E-state index is 0.0182. The van der Waals surface area contributed by atoms with Crippen LogP contribution in [0.1, 0.15) is 15.9 Å². The van der Waals surface area contributed by atoms with Crippen LogP contribution in [0.15, 0.2) is 36.5 Å². The van der Waals surface area contributed by atoms with Crippen LogP contribution in [0, 0.1) is 5.82 Å². The lowest BCUT2D eigenvalue weighted by Gasteiger charge is -2.11. The van der Waals surface area contributed by atoms with Crippen LogP contribution in [-0.2, 0) is 6.18 Å². The first-order valence-corrected chi connectivity index (χ1v) is 5.67. The predicted molar refractivity (Wildman–Crippen MR) is 68.0 cm³/mol. The molecule has 0 spiro atoms. The van der Waals surface area contributed by atoms with Gasteiger partial charge >= 0.3 is 6.18 Å². The van der Waals surface area contributed by atoms with Gasteiger partial charge in [-0.1, -0.05) is 0 Å².